The second kappa shape index (κ2) is 6.70. The number of carbonyl (C=O) groups excluding carboxylic acids is 1. The van der Waals surface area contributed by atoms with Crippen LogP contribution in [0.5, 0.6) is 0 Å². The molecule has 20 heavy (non-hydrogen) atoms. The lowest BCUT2D eigenvalue weighted by atomic mass is 9.78. The lowest BCUT2D eigenvalue weighted by Gasteiger charge is -2.39. The van der Waals surface area contributed by atoms with E-state index in [1.54, 1.807) is 12.1 Å². The summed E-state index contributed by atoms with van der Waals surface area (Å²) in [6, 6.07) is 6.12. The molecule has 1 saturated carbocycles. The van der Waals surface area contributed by atoms with Gasteiger partial charge in [0.05, 0.1) is 6.42 Å². The zero-order chi connectivity index (χ0) is 14.6. The molecular weight excluding hydrogens is 321 g/mol. The van der Waals surface area contributed by atoms with Gasteiger partial charge in [-0.3, -0.25) is 4.79 Å². The van der Waals surface area contributed by atoms with Crippen LogP contribution < -0.4 is 5.32 Å². The first-order valence-electron chi connectivity index (χ1n) is 7.14. The number of hydrogen-bond donors (Lipinski definition) is 1. The van der Waals surface area contributed by atoms with Gasteiger partial charge in [0.2, 0.25) is 5.91 Å². The first kappa shape index (κ1) is 15.5. The number of benzene rings is 1. The number of carbonyl (C=O) groups is 1. The van der Waals surface area contributed by atoms with Crippen molar-refractivity contribution in [3.63, 3.8) is 0 Å². The molecule has 0 spiro atoms. The Bertz CT molecular complexity index is 452. The summed E-state index contributed by atoms with van der Waals surface area (Å²) in [7, 11) is 0. The third kappa shape index (κ3) is 4.05. The minimum atomic E-state index is -0.271. The number of nitrogens with one attached hydrogen (secondary N) is 1. The van der Waals surface area contributed by atoms with Crippen molar-refractivity contribution in [2.45, 2.75) is 44.6 Å². The first-order valence-corrected chi connectivity index (χ1v) is 8.26. The van der Waals surface area contributed by atoms with Crippen LogP contribution in [0.3, 0.4) is 0 Å². The molecule has 2 rings (SSSR count). The van der Waals surface area contributed by atoms with Crippen molar-refractivity contribution in [3.05, 3.63) is 35.6 Å². The van der Waals surface area contributed by atoms with Gasteiger partial charge in [0.1, 0.15) is 5.82 Å². The topological polar surface area (TPSA) is 29.1 Å². The highest BCUT2D eigenvalue weighted by Crippen LogP contribution is 2.33. The van der Waals surface area contributed by atoms with Gasteiger partial charge >= 0.3 is 0 Å². The zero-order valence-corrected chi connectivity index (χ0v) is 13.4. The SMILES string of the molecule is CC1CCC(CBr)(NC(=O)Cc2ccc(F)cc2)CC1. The molecule has 1 N–H and O–H groups in total. The Kier molecular flexibility index (Phi) is 5.19. The van der Waals surface area contributed by atoms with Crippen LogP contribution in [0.4, 0.5) is 4.39 Å². The maximum atomic E-state index is 12.8. The molecule has 0 bridgehead atoms. The van der Waals surface area contributed by atoms with Gasteiger partial charge in [0.25, 0.3) is 0 Å². The van der Waals surface area contributed by atoms with Gasteiger partial charge in [-0.2, -0.15) is 0 Å². The van der Waals surface area contributed by atoms with Crippen molar-refractivity contribution >= 4 is 21.8 Å². The number of halogens is 2. The van der Waals surface area contributed by atoms with E-state index in [2.05, 4.69) is 28.2 Å². The van der Waals surface area contributed by atoms with Crippen molar-refractivity contribution in [2.75, 3.05) is 5.33 Å². The lowest BCUT2D eigenvalue weighted by Crippen LogP contribution is -2.52. The fraction of sp³-hybridized carbons (Fsp3) is 0.562. The fourth-order valence-electron chi connectivity index (χ4n) is 2.73. The van der Waals surface area contributed by atoms with Crippen LogP contribution in [0.2, 0.25) is 0 Å². The molecule has 0 aromatic heterocycles. The van der Waals surface area contributed by atoms with Gasteiger partial charge in [0.15, 0.2) is 0 Å². The highest BCUT2D eigenvalue weighted by atomic mass is 79.9. The minimum Gasteiger partial charge on any atom is -0.350 e. The Labute approximate surface area is 128 Å². The average molecular weight is 342 g/mol. The summed E-state index contributed by atoms with van der Waals surface area (Å²) in [6.07, 6.45) is 4.67. The summed E-state index contributed by atoms with van der Waals surface area (Å²) in [5, 5.41) is 3.98. The number of alkyl halides is 1. The Morgan fingerprint density at radius 3 is 2.50 bits per heavy atom. The summed E-state index contributed by atoms with van der Waals surface area (Å²) < 4.78 is 12.8. The van der Waals surface area contributed by atoms with Crippen LogP contribution in [0, 0.1) is 11.7 Å². The largest absolute Gasteiger partial charge is 0.350 e. The van der Waals surface area contributed by atoms with Crippen molar-refractivity contribution in [1.29, 1.82) is 0 Å². The number of amides is 1. The zero-order valence-electron chi connectivity index (χ0n) is 11.8. The molecule has 1 aliphatic rings. The summed E-state index contributed by atoms with van der Waals surface area (Å²) in [4.78, 5) is 12.2. The van der Waals surface area contributed by atoms with Crippen molar-refractivity contribution < 1.29 is 9.18 Å². The van der Waals surface area contributed by atoms with E-state index in [0.29, 0.717) is 6.42 Å². The van der Waals surface area contributed by atoms with Gasteiger partial charge in [0, 0.05) is 10.9 Å². The second-order valence-electron chi connectivity index (χ2n) is 5.95. The van der Waals surface area contributed by atoms with Crippen LogP contribution in [-0.4, -0.2) is 16.8 Å². The Morgan fingerprint density at radius 1 is 1.35 bits per heavy atom. The fourth-order valence-corrected chi connectivity index (χ4v) is 3.44. The van der Waals surface area contributed by atoms with E-state index in [4.69, 9.17) is 0 Å². The Morgan fingerprint density at radius 2 is 1.95 bits per heavy atom. The maximum absolute atomic E-state index is 12.8. The molecule has 1 aromatic carbocycles. The average Bonchev–Trinajstić information content (AvgIpc) is 2.44. The molecule has 110 valence electrons. The predicted octanol–water partition coefficient (Wildman–Crippen LogP) is 3.83. The Balaban J connectivity index is 1.94. The molecule has 1 amide bonds. The second-order valence-corrected chi connectivity index (χ2v) is 6.51. The highest BCUT2D eigenvalue weighted by molar-refractivity contribution is 9.09. The lowest BCUT2D eigenvalue weighted by molar-refractivity contribution is -0.122. The molecule has 1 aliphatic carbocycles. The third-order valence-electron chi connectivity index (χ3n) is 4.17. The molecule has 0 atom stereocenters. The van der Waals surface area contributed by atoms with Gasteiger partial charge in [-0.05, 0) is 49.3 Å². The van der Waals surface area contributed by atoms with E-state index in [9.17, 15) is 9.18 Å². The summed E-state index contributed by atoms with van der Waals surface area (Å²) >= 11 is 3.55. The highest BCUT2D eigenvalue weighted by Gasteiger charge is 2.34. The van der Waals surface area contributed by atoms with Crippen LogP contribution >= 0.6 is 15.9 Å². The van der Waals surface area contributed by atoms with Crippen molar-refractivity contribution in [3.8, 4) is 0 Å². The molecule has 2 nitrogen and oxygen atoms in total. The summed E-state index contributed by atoms with van der Waals surface area (Å²) in [5.41, 5.74) is 0.738. The van der Waals surface area contributed by atoms with E-state index >= 15 is 0 Å². The summed E-state index contributed by atoms with van der Waals surface area (Å²) in [6.45, 7) is 2.26. The number of hydrogen-bond acceptors (Lipinski definition) is 1. The van der Waals surface area contributed by atoms with Crippen LogP contribution in [0.25, 0.3) is 0 Å². The van der Waals surface area contributed by atoms with Crippen LogP contribution in [0.15, 0.2) is 24.3 Å². The predicted molar refractivity (Wildman–Crippen MR) is 82.4 cm³/mol. The van der Waals surface area contributed by atoms with E-state index < -0.39 is 0 Å². The maximum Gasteiger partial charge on any atom is 0.224 e. The van der Waals surface area contributed by atoms with E-state index in [0.717, 1.165) is 42.5 Å². The van der Waals surface area contributed by atoms with E-state index in [1.807, 2.05) is 0 Å². The minimum absolute atomic E-state index is 0.0191. The van der Waals surface area contributed by atoms with Gasteiger partial charge in [-0.1, -0.05) is 35.0 Å². The molecule has 4 heteroatoms. The van der Waals surface area contributed by atoms with E-state index in [-0.39, 0.29) is 17.3 Å². The van der Waals surface area contributed by atoms with Crippen molar-refractivity contribution in [1.82, 2.24) is 5.32 Å². The van der Waals surface area contributed by atoms with Gasteiger partial charge < -0.3 is 5.32 Å². The molecule has 0 heterocycles. The molecule has 0 unspecified atom stereocenters. The molecule has 1 fully saturated rings. The first-order chi connectivity index (χ1) is 9.53. The molecule has 0 aliphatic heterocycles. The normalized spacial score (nSPS) is 26.2. The standard InChI is InChI=1S/C16H21BrFNO/c1-12-6-8-16(11-17,9-7-12)19-15(20)10-13-2-4-14(18)5-3-13/h2-5,12H,6-11H2,1H3,(H,19,20). The Hall–Kier alpha value is -0.900. The summed E-state index contributed by atoms with van der Waals surface area (Å²) in [5.74, 6) is 0.495. The third-order valence-corrected chi connectivity index (χ3v) is 5.24. The number of rotatable bonds is 4. The molecular formula is C16H21BrFNO. The van der Waals surface area contributed by atoms with E-state index in [1.165, 1.54) is 12.1 Å². The molecule has 0 saturated heterocycles. The smallest absolute Gasteiger partial charge is 0.224 e. The van der Waals surface area contributed by atoms with Crippen LogP contribution in [0.1, 0.15) is 38.2 Å². The van der Waals surface area contributed by atoms with Crippen molar-refractivity contribution in [2.24, 2.45) is 5.92 Å². The molecule has 0 radical (unpaired) electrons. The molecule has 1 aromatic rings. The van der Waals surface area contributed by atoms with Gasteiger partial charge in [-0.25, -0.2) is 4.39 Å². The van der Waals surface area contributed by atoms with Gasteiger partial charge in [-0.15, -0.1) is 0 Å². The van der Waals surface area contributed by atoms with Crippen LogP contribution in [-0.2, 0) is 11.2 Å². The monoisotopic (exact) mass is 341 g/mol. The quantitative estimate of drug-likeness (QED) is 0.828.